The molecule has 0 bridgehead atoms. The van der Waals surface area contributed by atoms with Gasteiger partial charge in [0.15, 0.2) is 11.6 Å². The summed E-state index contributed by atoms with van der Waals surface area (Å²) in [5, 5.41) is 4.97. The fourth-order valence-corrected chi connectivity index (χ4v) is 4.01. The lowest BCUT2D eigenvalue weighted by Crippen LogP contribution is -1.93. The Morgan fingerprint density at radius 2 is 0.833 bits per heavy atom. The number of hydrogen-bond donors (Lipinski definition) is 0. The molecule has 0 unspecified atom stereocenters. The Morgan fingerprint density at radius 1 is 0.467 bits per heavy atom. The largest absolute Gasteiger partial charge is 0.236 e. The second kappa shape index (κ2) is 6.99. The van der Waals surface area contributed by atoms with E-state index in [9.17, 15) is 0 Å². The fraction of sp³-hybridized carbons (Fsp3) is 0.154. The van der Waals surface area contributed by atoms with E-state index in [4.69, 9.17) is 0 Å². The summed E-state index contributed by atoms with van der Waals surface area (Å²) in [4.78, 5) is 18.0. The summed E-state index contributed by atoms with van der Waals surface area (Å²) in [6.45, 7) is 8.37. The molecule has 0 amide bonds. The average molecular weight is 390 g/mol. The summed E-state index contributed by atoms with van der Waals surface area (Å²) < 4.78 is 0. The summed E-state index contributed by atoms with van der Waals surface area (Å²) >= 11 is 0. The lowest BCUT2D eigenvalue weighted by Gasteiger charge is -2.14. The molecule has 4 nitrogen and oxygen atoms in total. The lowest BCUT2D eigenvalue weighted by atomic mass is 9.91. The second-order valence-corrected chi connectivity index (χ2v) is 7.94. The summed E-state index contributed by atoms with van der Waals surface area (Å²) in [5.41, 5.74) is 6.71. The van der Waals surface area contributed by atoms with Crippen molar-refractivity contribution in [1.29, 1.82) is 0 Å². The smallest absolute Gasteiger partial charge is 0.159 e. The van der Waals surface area contributed by atoms with Crippen molar-refractivity contribution in [3.63, 3.8) is 0 Å². The molecule has 4 heteroatoms. The summed E-state index contributed by atoms with van der Waals surface area (Å²) in [6, 6.07) is 13.0. The molecule has 3 aromatic carbocycles. The van der Waals surface area contributed by atoms with Crippen LogP contribution in [0.1, 0.15) is 22.3 Å². The van der Waals surface area contributed by atoms with E-state index >= 15 is 0 Å². The average Bonchev–Trinajstić information content (AvgIpc) is 2.78. The van der Waals surface area contributed by atoms with Gasteiger partial charge in [-0.2, -0.15) is 0 Å². The first-order chi connectivity index (χ1) is 14.5. The Labute approximate surface area is 175 Å². The molecule has 5 rings (SSSR count). The molecular weight excluding hydrogens is 368 g/mol. The molecule has 0 atom stereocenters. The fourth-order valence-electron chi connectivity index (χ4n) is 4.01. The maximum absolute atomic E-state index is 4.50. The lowest BCUT2D eigenvalue weighted by molar-refractivity contribution is 1.14. The molecule has 0 spiro atoms. The van der Waals surface area contributed by atoms with Gasteiger partial charge in [-0.15, -0.1) is 0 Å². The van der Waals surface area contributed by atoms with E-state index < -0.39 is 0 Å². The van der Waals surface area contributed by atoms with E-state index in [2.05, 4.69) is 70.2 Å². The molecule has 2 heterocycles. The standard InChI is InChI=1S/C26H22N4/c1-15-11-27-25(28-12-15)19-5-7-21-18(4)24-10-20(26-29-13-16(2)14-30-26)6-8-22(24)17(3)23(21)9-19/h5-14H,1-4H3. The van der Waals surface area contributed by atoms with Crippen LogP contribution >= 0.6 is 0 Å². The van der Waals surface area contributed by atoms with E-state index in [0.29, 0.717) is 0 Å². The monoisotopic (exact) mass is 390 g/mol. The third-order valence-corrected chi connectivity index (χ3v) is 5.73. The zero-order chi connectivity index (χ0) is 20.8. The maximum atomic E-state index is 4.50. The minimum Gasteiger partial charge on any atom is -0.236 e. The van der Waals surface area contributed by atoms with Crippen LogP contribution in [0.3, 0.4) is 0 Å². The minimum absolute atomic E-state index is 0.756. The van der Waals surface area contributed by atoms with Crippen molar-refractivity contribution in [1.82, 2.24) is 19.9 Å². The van der Waals surface area contributed by atoms with E-state index in [-0.39, 0.29) is 0 Å². The van der Waals surface area contributed by atoms with Crippen LogP contribution in [0.15, 0.2) is 61.2 Å². The topological polar surface area (TPSA) is 51.6 Å². The highest BCUT2D eigenvalue weighted by atomic mass is 14.9. The van der Waals surface area contributed by atoms with Crippen molar-refractivity contribution in [3.8, 4) is 22.8 Å². The first-order valence-corrected chi connectivity index (χ1v) is 10.1. The van der Waals surface area contributed by atoms with Crippen LogP contribution in [-0.2, 0) is 0 Å². The van der Waals surface area contributed by atoms with Crippen molar-refractivity contribution >= 4 is 21.5 Å². The van der Waals surface area contributed by atoms with Gasteiger partial charge in [-0.25, -0.2) is 19.9 Å². The van der Waals surface area contributed by atoms with Crippen molar-refractivity contribution in [2.24, 2.45) is 0 Å². The molecule has 0 radical (unpaired) electrons. The molecule has 0 saturated heterocycles. The predicted molar refractivity (Wildman–Crippen MR) is 122 cm³/mol. The van der Waals surface area contributed by atoms with Crippen LogP contribution in [0, 0.1) is 27.7 Å². The SMILES string of the molecule is Cc1cnc(-c2ccc3c(C)c4cc(-c5ncc(C)cn5)ccc4c(C)c3c2)nc1. The third kappa shape index (κ3) is 3.01. The van der Waals surface area contributed by atoms with Crippen LogP contribution in [-0.4, -0.2) is 19.9 Å². The Bertz CT molecular complexity index is 1290. The third-order valence-electron chi connectivity index (χ3n) is 5.73. The molecule has 0 fully saturated rings. The number of aromatic nitrogens is 4. The normalized spacial score (nSPS) is 11.3. The van der Waals surface area contributed by atoms with Gasteiger partial charge in [0.25, 0.3) is 0 Å². The van der Waals surface area contributed by atoms with Gasteiger partial charge in [-0.3, -0.25) is 0 Å². The first kappa shape index (κ1) is 18.4. The van der Waals surface area contributed by atoms with E-state index in [1.54, 1.807) is 0 Å². The summed E-state index contributed by atoms with van der Waals surface area (Å²) in [5.74, 6) is 1.51. The van der Waals surface area contributed by atoms with Gasteiger partial charge in [0.1, 0.15) is 0 Å². The highest BCUT2D eigenvalue weighted by Gasteiger charge is 2.12. The Balaban J connectivity index is 1.71. The number of benzene rings is 3. The number of aryl methyl sites for hydroxylation is 4. The van der Waals surface area contributed by atoms with E-state index in [0.717, 1.165) is 33.9 Å². The van der Waals surface area contributed by atoms with Gasteiger partial charge in [-0.05, 0) is 83.6 Å². The minimum atomic E-state index is 0.756. The van der Waals surface area contributed by atoms with Crippen LogP contribution in [0.5, 0.6) is 0 Å². The Hall–Kier alpha value is -3.66. The maximum Gasteiger partial charge on any atom is 0.159 e. The number of hydrogen-bond acceptors (Lipinski definition) is 4. The van der Waals surface area contributed by atoms with Crippen molar-refractivity contribution in [2.75, 3.05) is 0 Å². The van der Waals surface area contributed by atoms with Crippen molar-refractivity contribution in [2.45, 2.75) is 27.7 Å². The number of nitrogens with zero attached hydrogens (tertiary/aromatic N) is 4. The molecule has 2 aromatic heterocycles. The molecule has 0 N–H and O–H groups in total. The van der Waals surface area contributed by atoms with Crippen molar-refractivity contribution < 1.29 is 0 Å². The molecule has 0 aliphatic rings. The molecule has 0 aliphatic carbocycles. The summed E-state index contributed by atoms with van der Waals surface area (Å²) in [7, 11) is 0. The van der Waals surface area contributed by atoms with Crippen molar-refractivity contribution in [3.05, 3.63) is 83.4 Å². The molecule has 0 aliphatic heterocycles. The van der Waals surface area contributed by atoms with Crippen LogP contribution in [0.25, 0.3) is 44.3 Å². The molecule has 30 heavy (non-hydrogen) atoms. The van der Waals surface area contributed by atoms with Crippen LogP contribution in [0.4, 0.5) is 0 Å². The molecule has 146 valence electrons. The number of fused-ring (bicyclic) bond motifs is 2. The second-order valence-electron chi connectivity index (χ2n) is 7.94. The quantitative estimate of drug-likeness (QED) is 0.340. The Kier molecular flexibility index (Phi) is 4.28. The van der Waals surface area contributed by atoms with Gasteiger partial charge in [0.2, 0.25) is 0 Å². The van der Waals surface area contributed by atoms with Gasteiger partial charge >= 0.3 is 0 Å². The molecule has 5 aromatic rings. The van der Waals surface area contributed by atoms with Crippen LogP contribution < -0.4 is 0 Å². The predicted octanol–water partition coefficient (Wildman–Crippen LogP) is 6.14. The zero-order valence-corrected chi connectivity index (χ0v) is 17.6. The summed E-state index contributed by atoms with van der Waals surface area (Å²) in [6.07, 6.45) is 7.44. The van der Waals surface area contributed by atoms with Gasteiger partial charge < -0.3 is 0 Å². The van der Waals surface area contributed by atoms with E-state index in [1.807, 2.05) is 38.6 Å². The first-order valence-electron chi connectivity index (χ1n) is 10.1. The molecular formula is C26H22N4. The highest BCUT2D eigenvalue weighted by molar-refractivity contribution is 6.07. The molecule has 0 saturated carbocycles. The van der Waals surface area contributed by atoms with Gasteiger partial charge in [-0.1, -0.05) is 24.3 Å². The number of rotatable bonds is 2. The highest BCUT2D eigenvalue weighted by Crippen LogP contribution is 2.35. The van der Waals surface area contributed by atoms with Gasteiger partial charge in [0, 0.05) is 35.9 Å². The van der Waals surface area contributed by atoms with Gasteiger partial charge in [0.05, 0.1) is 0 Å². The Morgan fingerprint density at radius 3 is 1.20 bits per heavy atom. The van der Waals surface area contributed by atoms with E-state index in [1.165, 1.54) is 32.7 Å². The van der Waals surface area contributed by atoms with Crippen LogP contribution in [0.2, 0.25) is 0 Å². The zero-order valence-electron chi connectivity index (χ0n) is 17.6.